The van der Waals surface area contributed by atoms with E-state index in [1.165, 1.54) is 4.90 Å². The summed E-state index contributed by atoms with van der Waals surface area (Å²) >= 11 is 0. The van der Waals surface area contributed by atoms with Gasteiger partial charge in [0, 0.05) is 6.54 Å². The molecular weight excluding hydrogens is 436 g/mol. The third-order valence-corrected chi connectivity index (χ3v) is 5.46. The topological polar surface area (TPSA) is 135 Å². The van der Waals surface area contributed by atoms with Crippen molar-refractivity contribution in [2.75, 3.05) is 13.2 Å². The molecule has 9 nitrogen and oxygen atoms in total. The van der Waals surface area contributed by atoms with E-state index in [1.807, 2.05) is 61.5 Å². The van der Waals surface area contributed by atoms with Crippen LogP contribution in [0.3, 0.4) is 0 Å². The van der Waals surface area contributed by atoms with Gasteiger partial charge in [0.05, 0.1) is 19.1 Å². The van der Waals surface area contributed by atoms with Crippen LogP contribution in [-0.4, -0.2) is 48.0 Å². The molecule has 3 amide bonds. The van der Waals surface area contributed by atoms with E-state index in [2.05, 4.69) is 5.32 Å². The number of likely N-dealkylation sites (tertiary alicyclic amines) is 1. The summed E-state index contributed by atoms with van der Waals surface area (Å²) in [6.07, 6.45) is 0.196. The number of primary amides is 1. The highest BCUT2D eigenvalue weighted by Crippen LogP contribution is 2.25. The number of nitrogens with two attached hydrogens (primary N) is 1. The average molecular weight is 465 g/mol. The smallest absolute Gasteiger partial charge is 0.410 e. The van der Waals surface area contributed by atoms with Gasteiger partial charge in [0.1, 0.15) is 24.4 Å². The van der Waals surface area contributed by atoms with E-state index in [0.717, 1.165) is 22.4 Å². The number of amides is 3. The number of benzene rings is 2. The van der Waals surface area contributed by atoms with Gasteiger partial charge in [-0.1, -0.05) is 36.4 Å². The Morgan fingerprint density at radius 3 is 2.65 bits per heavy atom. The minimum absolute atomic E-state index is 0.0609. The van der Waals surface area contributed by atoms with Crippen molar-refractivity contribution in [3.05, 3.63) is 54.1 Å². The molecule has 0 saturated carbocycles. The number of nitrogens with zero attached hydrogens (tertiary/aromatic N) is 2. The molecule has 1 aliphatic heterocycles. The fourth-order valence-corrected chi connectivity index (χ4v) is 3.81. The third-order valence-electron chi connectivity index (χ3n) is 5.46. The maximum atomic E-state index is 12.6. The minimum atomic E-state index is -1.03. The molecule has 9 heteroatoms. The number of nitriles is 1. The van der Waals surface area contributed by atoms with Crippen LogP contribution >= 0.6 is 0 Å². The first-order valence-electron chi connectivity index (χ1n) is 11.1. The first-order chi connectivity index (χ1) is 16.4. The Morgan fingerprint density at radius 2 is 1.97 bits per heavy atom. The molecule has 1 heterocycles. The molecule has 0 unspecified atom stereocenters. The van der Waals surface area contributed by atoms with Crippen LogP contribution in [0.25, 0.3) is 11.1 Å². The van der Waals surface area contributed by atoms with Gasteiger partial charge in [-0.3, -0.25) is 14.5 Å². The Morgan fingerprint density at radius 1 is 1.21 bits per heavy atom. The van der Waals surface area contributed by atoms with Gasteiger partial charge in [-0.25, -0.2) is 4.79 Å². The van der Waals surface area contributed by atoms with E-state index in [4.69, 9.17) is 20.5 Å². The van der Waals surface area contributed by atoms with Crippen molar-refractivity contribution in [2.24, 2.45) is 5.73 Å². The fourth-order valence-electron chi connectivity index (χ4n) is 3.81. The lowest BCUT2D eigenvalue weighted by Gasteiger charge is -2.24. The first kappa shape index (κ1) is 24.6. The molecule has 1 fully saturated rings. The van der Waals surface area contributed by atoms with E-state index < -0.39 is 30.0 Å². The number of nitrogens with one attached hydrogen (secondary N) is 1. The van der Waals surface area contributed by atoms with Gasteiger partial charge in [0.15, 0.2) is 0 Å². The maximum absolute atomic E-state index is 12.6. The van der Waals surface area contributed by atoms with Crippen LogP contribution in [0, 0.1) is 11.3 Å². The molecule has 34 heavy (non-hydrogen) atoms. The van der Waals surface area contributed by atoms with Crippen LogP contribution in [-0.2, 0) is 20.9 Å². The molecule has 0 aliphatic carbocycles. The van der Waals surface area contributed by atoms with E-state index in [-0.39, 0.29) is 13.0 Å². The second-order valence-corrected chi connectivity index (χ2v) is 7.92. The summed E-state index contributed by atoms with van der Waals surface area (Å²) in [5.74, 6) is -0.388. The summed E-state index contributed by atoms with van der Waals surface area (Å²) in [6.45, 7) is 2.97. The summed E-state index contributed by atoms with van der Waals surface area (Å²) in [6, 6.07) is 15.5. The molecule has 178 valence electrons. The summed E-state index contributed by atoms with van der Waals surface area (Å²) in [7, 11) is 0. The third kappa shape index (κ3) is 6.48. The molecule has 2 atom stereocenters. The van der Waals surface area contributed by atoms with Crippen molar-refractivity contribution in [1.82, 2.24) is 10.2 Å². The number of hydrogen-bond donors (Lipinski definition) is 2. The highest BCUT2D eigenvalue weighted by atomic mass is 16.6. The SMILES string of the molecule is CCOc1cccc(-c2ccc(COC(=O)N3CCC[C@H]3C(=O)N[C@H](C#N)CC(N)=O)cc2)c1. The Bertz CT molecular complexity index is 1060. The van der Waals surface area contributed by atoms with Gasteiger partial charge in [-0.15, -0.1) is 0 Å². The molecule has 1 aliphatic rings. The van der Waals surface area contributed by atoms with Gasteiger partial charge >= 0.3 is 6.09 Å². The predicted octanol–water partition coefficient (Wildman–Crippen LogP) is 2.74. The molecule has 3 N–H and O–H groups in total. The zero-order valence-electron chi connectivity index (χ0n) is 19.0. The summed E-state index contributed by atoms with van der Waals surface area (Å²) in [4.78, 5) is 37.6. The van der Waals surface area contributed by atoms with Gasteiger partial charge in [0.25, 0.3) is 0 Å². The van der Waals surface area contributed by atoms with Crippen LogP contribution in [0.4, 0.5) is 4.79 Å². The zero-order valence-corrected chi connectivity index (χ0v) is 19.0. The van der Waals surface area contributed by atoms with Crippen molar-refractivity contribution in [3.63, 3.8) is 0 Å². The standard InChI is InChI=1S/C25H28N4O5/c1-2-33-21-6-3-5-19(13-21)18-10-8-17(9-11-18)16-34-25(32)29-12-4-7-22(29)24(31)28-20(15-26)14-23(27)30/h3,5-6,8-11,13,20,22H,2,4,7,12,14,16H2,1H3,(H2,27,30)(H,28,31)/t20-,22-/m0/s1. The summed E-state index contributed by atoms with van der Waals surface area (Å²) in [5, 5.41) is 11.6. The summed E-state index contributed by atoms with van der Waals surface area (Å²) < 4.78 is 11.0. The van der Waals surface area contributed by atoms with Gasteiger partial charge in [-0.05, 0) is 48.6 Å². The molecule has 0 spiro atoms. The molecule has 0 radical (unpaired) electrons. The van der Waals surface area contributed by atoms with E-state index >= 15 is 0 Å². The lowest BCUT2D eigenvalue weighted by Crippen LogP contribution is -2.49. The van der Waals surface area contributed by atoms with Gasteiger partial charge in [-0.2, -0.15) is 5.26 Å². The average Bonchev–Trinajstić information content (AvgIpc) is 3.33. The van der Waals surface area contributed by atoms with Crippen LogP contribution in [0.1, 0.15) is 31.7 Å². The Balaban J connectivity index is 1.56. The second kappa shape index (κ2) is 11.7. The number of rotatable bonds is 9. The van der Waals surface area contributed by atoms with E-state index in [1.54, 1.807) is 0 Å². The molecule has 1 saturated heterocycles. The Labute approximate surface area is 198 Å². The largest absolute Gasteiger partial charge is 0.494 e. The molecule has 0 bridgehead atoms. The number of ether oxygens (including phenoxy) is 2. The zero-order chi connectivity index (χ0) is 24.5. The maximum Gasteiger partial charge on any atom is 0.410 e. The Kier molecular flexibility index (Phi) is 8.46. The van der Waals surface area contributed by atoms with Crippen molar-refractivity contribution >= 4 is 17.9 Å². The number of hydrogen-bond acceptors (Lipinski definition) is 6. The minimum Gasteiger partial charge on any atom is -0.494 e. The summed E-state index contributed by atoms with van der Waals surface area (Å²) in [5.41, 5.74) is 7.94. The first-order valence-corrected chi connectivity index (χ1v) is 11.1. The molecule has 0 aromatic heterocycles. The van der Waals surface area contributed by atoms with Crippen molar-refractivity contribution < 1.29 is 23.9 Å². The molecular formula is C25H28N4O5. The quantitative estimate of drug-likeness (QED) is 0.586. The highest BCUT2D eigenvalue weighted by molar-refractivity contribution is 5.87. The van der Waals surface area contributed by atoms with Crippen LogP contribution in [0.2, 0.25) is 0 Å². The second-order valence-electron chi connectivity index (χ2n) is 7.92. The van der Waals surface area contributed by atoms with Crippen LogP contribution < -0.4 is 15.8 Å². The molecule has 3 rings (SSSR count). The van der Waals surface area contributed by atoms with E-state index in [9.17, 15) is 14.4 Å². The van der Waals surface area contributed by atoms with Crippen LogP contribution in [0.5, 0.6) is 5.75 Å². The lowest BCUT2D eigenvalue weighted by molar-refractivity contribution is -0.125. The van der Waals surface area contributed by atoms with Crippen LogP contribution in [0.15, 0.2) is 48.5 Å². The normalized spacial score (nSPS) is 15.8. The van der Waals surface area contributed by atoms with Crippen molar-refractivity contribution in [3.8, 4) is 22.9 Å². The van der Waals surface area contributed by atoms with Crippen molar-refractivity contribution in [2.45, 2.75) is 44.9 Å². The van der Waals surface area contributed by atoms with Gasteiger partial charge in [0.2, 0.25) is 11.8 Å². The number of carbonyl (C=O) groups is 3. The van der Waals surface area contributed by atoms with E-state index in [0.29, 0.717) is 26.0 Å². The predicted molar refractivity (Wildman–Crippen MR) is 124 cm³/mol. The lowest BCUT2D eigenvalue weighted by atomic mass is 10.0. The molecule has 2 aromatic carbocycles. The number of carbonyl (C=O) groups excluding carboxylic acids is 3. The monoisotopic (exact) mass is 464 g/mol. The molecule has 2 aromatic rings. The van der Waals surface area contributed by atoms with Crippen molar-refractivity contribution in [1.29, 1.82) is 5.26 Å². The highest BCUT2D eigenvalue weighted by Gasteiger charge is 2.36. The fraction of sp³-hybridized carbons (Fsp3) is 0.360. The van der Waals surface area contributed by atoms with Gasteiger partial charge < -0.3 is 20.5 Å². The Hall–Kier alpha value is -4.06.